The molecule has 0 aliphatic carbocycles. The fraction of sp³-hybridized carbons (Fsp3) is 0.100. The third-order valence-electron chi connectivity index (χ3n) is 3.89. The lowest BCUT2D eigenvalue weighted by molar-refractivity contribution is 0.559. The lowest BCUT2D eigenvalue weighted by atomic mass is 10.1. The van der Waals surface area contributed by atoms with E-state index in [0.717, 1.165) is 32.1 Å². The normalized spacial score (nSPS) is 11.1. The van der Waals surface area contributed by atoms with E-state index < -0.39 is 0 Å². The molecule has 124 valence electrons. The van der Waals surface area contributed by atoms with Crippen LogP contribution >= 0.6 is 23.1 Å². The zero-order chi connectivity index (χ0) is 17.2. The number of benzene rings is 2. The first-order chi connectivity index (χ1) is 12.2. The summed E-state index contributed by atoms with van der Waals surface area (Å²) in [5, 5.41) is 3.05. The van der Waals surface area contributed by atoms with Crippen molar-refractivity contribution in [3.05, 3.63) is 81.5 Å². The molecule has 0 saturated heterocycles. The van der Waals surface area contributed by atoms with E-state index in [1.54, 1.807) is 29.2 Å². The molecule has 0 saturated carbocycles. The number of aromatic nitrogens is 1. The van der Waals surface area contributed by atoms with E-state index in [1.807, 2.05) is 43.3 Å². The van der Waals surface area contributed by atoms with Gasteiger partial charge in [0.2, 0.25) is 0 Å². The molecule has 0 fully saturated rings. The van der Waals surface area contributed by atoms with Crippen molar-refractivity contribution < 1.29 is 4.42 Å². The minimum Gasteiger partial charge on any atom is -0.423 e. The van der Waals surface area contributed by atoms with E-state index in [2.05, 4.69) is 17.5 Å². The summed E-state index contributed by atoms with van der Waals surface area (Å²) >= 11 is 3.27. The predicted octanol–water partition coefficient (Wildman–Crippen LogP) is 5.52. The van der Waals surface area contributed by atoms with Gasteiger partial charge in [-0.05, 0) is 24.1 Å². The zero-order valence-electron chi connectivity index (χ0n) is 13.6. The van der Waals surface area contributed by atoms with Gasteiger partial charge in [0.1, 0.15) is 5.58 Å². The maximum Gasteiger partial charge on any atom is 0.336 e. The van der Waals surface area contributed by atoms with E-state index in [4.69, 9.17) is 9.40 Å². The number of rotatable bonds is 4. The van der Waals surface area contributed by atoms with E-state index in [1.165, 1.54) is 0 Å². The molecular formula is C20H15NO2S2. The molecule has 2 heterocycles. The number of thioether (sulfide) groups is 1. The van der Waals surface area contributed by atoms with E-state index in [-0.39, 0.29) is 5.63 Å². The number of thiazole rings is 1. The summed E-state index contributed by atoms with van der Waals surface area (Å²) in [5.41, 5.74) is 4.50. The highest BCUT2D eigenvalue weighted by Crippen LogP contribution is 2.31. The zero-order valence-corrected chi connectivity index (χ0v) is 15.2. The molecule has 0 spiro atoms. The van der Waals surface area contributed by atoms with Crippen molar-refractivity contribution in [2.75, 3.05) is 0 Å². The first-order valence-electron chi connectivity index (χ1n) is 7.86. The molecule has 0 N–H and O–H groups in total. The van der Waals surface area contributed by atoms with Crippen LogP contribution in [0.5, 0.6) is 0 Å². The maximum atomic E-state index is 11.8. The molecule has 0 bridgehead atoms. The number of aryl methyl sites for hydroxylation is 1. The minimum atomic E-state index is -0.308. The highest BCUT2D eigenvalue weighted by Gasteiger charge is 2.09. The average molecular weight is 365 g/mol. The molecule has 0 aliphatic heterocycles. The SMILES string of the molecule is Cc1ccc2c(CSc3nc(-c4ccccc4)cs3)cc(=O)oc2c1. The molecule has 2 aromatic heterocycles. The molecule has 4 rings (SSSR count). The Morgan fingerprint density at radius 1 is 1.12 bits per heavy atom. The van der Waals surface area contributed by atoms with Crippen LogP contribution in [0.1, 0.15) is 11.1 Å². The molecule has 0 atom stereocenters. The van der Waals surface area contributed by atoms with Crippen LogP contribution in [0.4, 0.5) is 0 Å². The number of hydrogen-bond acceptors (Lipinski definition) is 5. The fourth-order valence-corrected chi connectivity index (χ4v) is 4.49. The summed E-state index contributed by atoms with van der Waals surface area (Å²) in [5.74, 6) is 0.687. The summed E-state index contributed by atoms with van der Waals surface area (Å²) < 4.78 is 6.31. The molecule has 0 unspecified atom stereocenters. The number of fused-ring (bicyclic) bond motifs is 1. The molecule has 25 heavy (non-hydrogen) atoms. The Morgan fingerprint density at radius 3 is 2.80 bits per heavy atom. The maximum absolute atomic E-state index is 11.8. The molecular weight excluding hydrogens is 350 g/mol. The van der Waals surface area contributed by atoms with Gasteiger partial charge in [0.05, 0.1) is 5.69 Å². The molecule has 3 nitrogen and oxygen atoms in total. The van der Waals surface area contributed by atoms with Crippen molar-refractivity contribution in [2.45, 2.75) is 17.0 Å². The standard InChI is InChI=1S/C20H15NO2S2/c1-13-7-8-16-15(10-19(22)23-18(16)9-13)11-24-20-21-17(12-25-20)14-5-3-2-4-6-14/h2-10,12H,11H2,1H3. The molecule has 0 aliphatic rings. The van der Waals surface area contributed by atoms with Crippen molar-refractivity contribution in [1.29, 1.82) is 0 Å². The highest BCUT2D eigenvalue weighted by molar-refractivity contribution is 8.00. The molecule has 0 amide bonds. The van der Waals surface area contributed by atoms with Crippen molar-refractivity contribution in [2.24, 2.45) is 0 Å². The van der Waals surface area contributed by atoms with Gasteiger partial charge in [-0.15, -0.1) is 11.3 Å². The second-order valence-electron chi connectivity index (χ2n) is 5.74. The summed E-state index contributed by atoms with van der Waals surface area (Å²) in [4.78, 5) is 16.5. The van der Waals surface area contributed by atoms with Gasteiger partial charge in [-0.25, -0.2) is 9.78 Å². The molecule has 4 aromatic rings. The van der Waals surface area contributed by atoms with Crippen LogP contribution in [-0.4, -0.2) is 4.98 Å². The van der Waals surface area contributed by atoms with Gasteiger partial charge in [-0.2, -0.15) is 0 Å². The minimum absolute atomic E-state index is 0.308. The van der Waals surface area contributed by atoms with E-state index in [9.17, 15) is 4.79 Å². The first-order valence-corrected chi connectivity index (χ1v) is 9.73. The molecule has 0 radical (unpaired) electrons. The van der Waals surface area contributed by atoms with Gasteiger partial charge in [-0.1, -0.05) is 54.2 Å². The third kappa shape index (κ3) is 3.52. The van der Waals surface area contributed by atoms with Gasteiger partial charge < -0.3 is 4.42 Å². The van der Waals surface area contributed by atoms with Crippen LogP contribution < -0.4 is 5.63 Å². The summed E-state index contributed by atoms with van der Waals surface area (Å²) in [6.45, 7) is 1.99. The Balaban J connectivity index is 1.59. The summed E-state index contributed by atoms with van der Waals surface area (Å²) in [7, 11) is 0. The van der Waals surface area contributed by atoms with Crippen molar-refractivity contribution in [1.82, 2.24) is 4.98 Å². The average Bonchev–Trinajstić information content (AvgIpc) is 3.09. The van der Waals surface area contributed by atoms with Crippen LogP contribution in [0.3, 0.4) is 0 Å². The van der Waals surface area contributed by atoms with Crippen molar-refractivity contribution >= 4 is 34.1 Å². The van der Waals surface area contributed by atoms with Crippen molar-refractivity contribution in [3.8, 4) is 11.3 Å². The summed E-state index contributed by atoms with van der Waals surface area (Å²) in [6, 6.07) is 17.7. The quantitative estimate of drug-likeness (QED) is 0.353. The van der Waals surface area contributed by atoms with Gasteiger partial charge in [0.25, 0.3) is 0 Å². The van der Waals surface area contributed by atoms with Crippen molar-refractivity contribution in [3.63, 3.8) is 0 Å². The Hall–Kier alpha value is -2.37. The second-order valence-corrected chi connectivity index (χ2v) is 7.82. The van der Waals surface area contributed by atoms with Crippen LogP contribution in [0, 0.1) is 6.92 Å². The summed E-state index contributed by atoms with van der Waals surface area (Å²) in [6.07, 6.45) is 0. The van der Waals surface area contributed by atoms with Crippen LogP contribution in [-0.2, 0) is 5.75 Å². The Morgan fingerprint density at radius 2 is 1.96 bits per heavy atom. The first kappa shape index (κ1) is 16.1. The molecule has 5 heteroatoms. The van der Waals surface area contributed by atoms with Crippen LogP contribution in [0.15, 0.2) is 73.5 Å². The molecule has 2 aromatic carbocycles. The smallest absolute Gasteiger partial charge is 0.336 e. The Labute approximate surface area is 153 Å². The second kappa shape index (κ2) is 6.86. The fourth-order valence-electron chi connectivity index (χ4n) is 2.66. The topological polar surface area (TPSA) is 43.1 Å². The lowest BCUT2D eigenvalue weighted by Crippen LogP contribution is -2.00. The number of hydrogen-bond donors (Lipinski definition) is 0. The highest BCUT2D eigenvalue weighted by atomic mass is 32.2. The van der Waals surface area contributed by atoms with Crippen LogP contribution in [0.25, 0.3) is 22.2 Å². The van der Waals surface area contributed by atoms with Gasteiger partial charge >= 0.3 is 5.63 Å². The van der Waals surface area contributed by atoms with E-state index in [0.29, 0.717) is 11.3 Å². The van der Waals surface area contributed by atoms with Crippen LogP contribution in [0.2, 0.25) is 0 Å². The predicted molar refractivity (Wildman–Crippen MR) is 104 cm³/mol. The number of nitrogens with zero attached hydrogens (tertiary/aromatic N) is 1. The van der Waals surface area contributed by atoms with E-state index >= 15 is 0 Å². The monoisotopic (exact) mass is 365 g/mol. The van der Waals surface area contributed by atoms with Gasteiger partial charge in [0.15, 0.2) is 4.34 Å². The Kier molecular flexibility index (Phi) is 4.42. The van der Waals surface area contributed by atoms with Gasteiger partial charge in [0, 0.05) is 28.1 Å². The lowest BCUT2D eigenvalue weighted by Gasteiger charge is -2.04. The van der Waals surface area contributed by atoms with Gasteiger partial charge in [-0.3, -0.25) is 0 Å². The third-order valence-corrected chi connectivity index (χ3v) is 5.96. The largest absolute Gasteiger partial charge is 0.423 e. The Bertz CT molecular complexity index is 1080.